The quantitative estimate of drug-likeness (QED) is 0.0414. The number of sulfonamides is 2. The summed E-state index contributed by atoms with van der Waals surface area (Å²) in [4.78, 5) is 40.6. The van der Waals surface area contributed by atoms with Gasteiger partial charge in [-0.3, -0.25) is 9.59 Å². The standard InChI is InChI=1S/C35H37Cl5N2.C30H28N2.2C26H27N3O3S/c1-5-41(6-2)29-18-11-24(12-19-29)33(25-13-20-30(21-14-25)42(7-3)8-4)31-23-27(15-22-32(31)37)34(35(38,39)40)26-9-16-28(36)17-10-26;1-4-32(5-2)25-17-14-23(15-18-25)30(22-12-10-21(3)11-13-22)24-16-19-29-27(20-24)26-8-6-7-9-28(26)31-29;1-5-28(3)21-12-7-18(8-13-21)25(19-9-14-22(15-10-19)29(4)6-2)20-11-16-24-23(17-20)26(30)27-33(24,31)32;1-5-28(3)21-12-7-18(8-13-21)25(19-9-14-22(15-10-19)29(4)6-2)20-11-16-23-24(17-20)33(31,32)27-26(23)30/h9-14,16-23,34H,5-8,15H2,1-4H3;6-20H,4-5H2,1-3H3;2*7-17H,5-6H2,1-4H3/p+2/b;30-24-;;. The lowest BCUT2D eigenvalue weighted by atomic mass is 9.83. The second-order valence-electron chi connectivity index (χ2n) is 34.8. The number of carbonyl (C=O) groups is 2. The molecule has 17 rings (SSSR count). The minimum atomic E-state index is -3.84. The number of hydrogen-bond donors (Lipinski definition) is 2. The lowest BCUT2D eigenvalue weighted by Crippen LogP contribution is -2.21. The molecule has 0 saturated carbocycles. The van der Waals surface area contributed by atoms with Gasteiger partial charge >= 0.3 is 0 Å². The predicted octanol–water partition coefficient (Wildman–Crippen LogP) is 24.7. The summed E-state index contributed by atoms with van der Waals surface area (Å²) >= 11 is 33.1. The van der Waals surface area contributed by atoms with Crippen LogP contribution in [0.5, 0.6) is 0 Å². The molecule has 0 saturated heterocycles. The van der Waals surface area contributed by atoms with Gasteiger partial charge in [-0.25, -0.2) is 40.4 Å². The zero-order chi connectivity index (χ0) is 100. The SMILES string of the molecule is CCN(C)c1ccc(C(=C2C=CC(=[N+](C)CC)C=C2)c2ccc3c(c2)C(=O)NS3(=O)=O)cc1.CCN(C)c1ccc(C(=C2C=CC(=[N+](C)CC)C=C2)c2ccc3c(c2)S(=O)(=O)NC3=O)cc1.CCN(CC)c1ccc(/C(c2ccc(C)cc2)=c2/ccc3c(c2)-c2ccccc2N=3)cc1.CCN(CC)c1ccc(C(=C2C=C(C(c3ccc(Cl)cc3)C(Cl)(Cl)Cl)CC=C2Cl)c2ccc(N(CC)CC)cc2)cc1. The highest BCUT2D eigenvalue weighted by atomic mass is 35.6. The first-order valence-electron chi connectivity index (χ1n) is 47.8. The third kappa shape index (κ3) is 23.3. The highest BCUT2D eigenvalue weighted by Crippen LogP contribution is 2.51. The number of para-hydroxylation sites is 1. The monoisotopic (exact) mass is 2000 g/mol. The number of anilines is 5. The lowest BCUT2D eigenvalue weighted by Gasteiger charge is -2.30. The summed E-state index contributed by atoms with van der Waals surface area (Å²) in [7, 11) is 0.540. The van der Waals surface area contributed by atoms with Crippen molar-refractivity contribution in [2.75, 3.05) is 118 Å². The fourth-order valence-electron chi connectivity index (χ4n) is 18.1. The third-order valence-corrected chi connectivity index (χ3v) is 30.6. The summed E-state index contributed by atoms with van der Waals surface area (Å²) in [5, 5.41) is 3.57. The average Bonchev–Trinajstić information content (AvgIpc) is 1.68. The molecule has 1 unspecified atom stereocenters. The number of hydrogen-bond acceptors (Lipinski definition) is 12. The van der Waals surface area contributed by atoms with E-state index in [4.69, 9.17) is 63.0 Å². The molecule has 0 aromatic heterocycles. The Hall–Kier alpha value is -12.6. The molecule has 6 aliphatic rings. The molecule has 3 aliphatic carbocycles. The van der Waals surface area contributed by atoms with Crippen LogP contribution in [0.25, 0.3) is 33.4 Å². The molecule has 0 spiro atoms. The molecule has 1 atom stereocenters. The van der Waals surface area contributed by atoms with Gasteiger partial charge in [0, 0.05) is 146 Å². The van der Waals surface area contributed by atoms with E-state index >= 15 is 0 Å². The van der Waals surface area contributed by atoms with E-state index < -0.39 is 41.6 Å². The summed E-state index contributed by atoms with van der Waals surface area (Å²) in [6.45, 7) is 33.0. The highest BCUT2D eigenvalue weighted by molar-refractivity contribution is 7.91. The molecule has 720 valence electrons. The number of nitrogens with one attached hydrogen (secondary N) is 2. The van der Waals surface area contributed by atoms with Gasteiger partial charge in [-0.1, -0.05) is 215 Å². The van der Waals surface area contributed by atoms with Gasteiger partial charge in [-0.05, 0) is 311 Å². The number of benzene rings is 11. The number of allylic oxidation sites excluding steroid dienone is 15. The van der Waals surface area contributed by atoms with Crippen LogP contribution in [0.1, 0.15) is 158 Å². The minimum absolute atomic E-state index is 0.0205. The number of halogens is 5. The number of aryl methyl sites for hydroxylation is 1. The third-order valence-electron chi connectivity index (χ3n) is 26.5. The number of carbonyl (C=O) groups excluding carboxylic acids is 2. The molecule has 140 heavy (non-hydrogen) atoms. The maximum absolute atomic E-state index is 12.5. The maximum Gasteiger partial charge on any atom is 0.266 e. The Kier molecular flexibility index (Phi) is 33.7. The molecule has 3 aliphatic heterocycles. The molecule has 2 N–H and O–H groups in total. The number of alkyl halides is 3. The lowest BCUT2D eigenvalue weighted by molar-refractivity contribution is -0.491. The van der Waals surface area contributed by atoms with Crippen LogP contribution in [-0.2, 0) is 20.0 Å². The number of amides is 2. The van der Waals surface area contributed by atoms with Gasteiger partial charge in [0.05, 0.1) is 28.1 Å². The zero-order valence-electron chi connectivity index (χ0n) is 82.0. The van der Waals surface area contributed by atoms with Gasteiger partial charge < -0.3 is 24.5 Å². The molecule has 2 amide bonds. The van der Waals surface area contributed by atoms with Gasteiger partial charge in [-0.15, -0.1) is 0 Å². The van der Waals surface area contributed by atoms with Crippen molar-refractivity contribution in [3.05, 3.63) is 419 Å². The second kappa shape index (κ2) is 45.8. The number of fused-ring (bicyclic) bond motifs is 5. The Morgan fingerprint density at radius 2 is 0.807 bits per heavy atom. The molecular weight excluding hydrogens is 1880 g/mol. The molecule has 0 fully saturated rings. The van der Waals surface area contributed by atoms with Crippen LogP contribution >= 0.6 is 58.0 Å². The van der Waals surface area contributed by atoms with Crippen molar-refractivity contribution in [2.24, 2.45) is 4.99 Å². The van der Waals surface area contributed by atoms with Crippen LogP contribution < -0.4 is 44.5 Å². The van der Waals surface area contributed by atoms with Crippen molar-refractivity contribution < 1.29 is 35.6 Å². The average molecular weight is 2000 g/mol. The molecule has 16 nitrogen and oxygen atoms in total. The summed E-state index contributed by atoms with van der Waals surface area (Å²) in [6, 6.07) is 84.2. The summed E-state index contributed by atoms with van der Waals surface area (Å²) < 4.78 is 56.2. The number of nitrogens with zero attached hydrogens (tertiary/aromatic N) is 8. The number of rotatable bonds is 25. The van der Waals surface area contributed by atoms with Crippen molar-refractivity contribution in [1.29, 1.82) is 0 Å². The van der Waals surface area contributed by atoms with E-state index in [1.54, 1.807) is 24.3 Å². The second-order valence-corrected chi connectivity index (χ2v) is 41.3. The first-order chi connectivity index (χ1) is 67.3. The fourth-order valence-corrected chi connectivity index (χ4v) is 21.6. The summed E-state index contributed by atoms with van der Waals surface area (Å²) in [6.07, 6.45) is 21.2. The van der Waals surface area contributed by atoms with Crippen molar-refractivity contribution in [2.45, 2.75) is 102 Å². The van der Waals surface area contributed by atoms with Gasteiger partial charge in [0.15, 0.2) is 11.4 Å². The Morgan fingerprint density at radius 1 is 0.407 bits per heavy atom. The molecule has 23 heteroatoms. The van der Waals surface area contributed by atoms with Crippen LogP contribution in [0.3, 0.4) is 0 Å². The van der Waals surface area contributed by atoms with Gasteiger partial charge in [0.2, 0.25) is 3.79 Å². The van der Waals surface area contributed by atoms with Gasteiger partial charge in [0.1, 0.15) is 37.0 Å². The van der Waals surface area contributed by atoms with Gasteiger partial charge in [-0.2, -0.15) is 0 Å². The van der Waals surface area contributed by atoms with Gasteiger partial charge in [0.25, 0.3) is 31.9 Å². The van der Waals surface area contributed by atoms with E-state index in [1.807, 2.05) is 88.9 Å². The Bertz CT molecular complexity index is 7150. The Balaban J connectivity index is 0.000000149. The molecule has 0 bridgehead atoms. The van der Waals surface area contributed by atoms with Crippen LogP contribution in [0.15, 0.2) is 352 Å². The fraction of sp³-hybridized carbons (Fsp3) is 0.239. The topological polar surface area (TPSA) is 161 Å². The molecule has 0 radical (unpaired) electrons. The van der Waals surface area contributed by atoms with Crippen molar-refractivity contribution >= 4 is 158 Å². The Labute approximate surface area is 851 Å². The molecule has 11 aromatic rings. The van der Waals surface area contributed by atoms with Crippen molar-refractivity contribution in [3.63, 3.8) is 0 Å². The van der Waals surface area contributed by atoms with E-state index in [-0.39, 0.29) is 20.9 Å². The largest absolute Gasteiger partial charge is 0.375 e. The van der Waals surface area contributed by atoms with Crippen LogP contribution in [0, 0.1) is 6.92 Å². The predicted molar refractivity (Wildman–Crippen MR) is 587 cm³/mol. The highest BCUT2D eigenvalue weighted by Gasteiger charge is 2.39. The summed E-state index contributed by atoms with van der Waals surface area (Å²) in [5.74, 6) is -1.66. The molecular formula is C117H121Cl5N10O6S2+2. The van der Waals surface area contributed by atoms with Crippen LogP contribution in [0.4, 0.5) is 34.1 Å². The van der Waals surface area contributed by atoms with E-state index in [9.17, 15) is 26.4 Å². The first kappa shape index (κ1) is 103. The normalized spacial score (nSPS) is 14.7. The smallest absolute Gasteiger partial charge is 0.266 e. The van der Waals surface area contributed by atoms with Crippen LogP contribution in [-0.4, -0.2) is 147 Å². The van der Waals surface area contributed by atoms with E-state index in [0.717, 1.165) is 177 Å². The summed E-state index contributed by atoms with van der Waals surface area (Å²) in [5.41, 5.74) is 30.1. The zero-order valence-corrected chi connectivity index (χ0v) is 87.4. The van der Waals surface area contributed by atoms with E-state index in [2.05, 4.69) is 338 Å². The van der Waals surface area contributed by atoms with E-state index in [1.165, 1.54) is 61.7 Å². The van der Waals surface area contributed by atoms with Crippen LogP contribution in [0.2, 0.25) is 5.02 Å². The molecule has 11 aromatic carbocycles. The van der Waals surface area contributed by atoms with E-state index in [0.29, 0.717) is 16.5 Å². The Morgan fingerprint density at radius 3 is 1.25 bits per heavy atom. The van der Waals surface area contributed by atoms with Crippen molar-refractivity contribution in [3.8, 4) is 11.1 Å². The minimum Gasteiger partial charge on any atom is -0.375 e. The molecule has 3 heterocycles. The first-order valence-corrected chi connectivity index (χ1v) is 52.7. The van der Waals surface area contributed by atoms with Crippen molar-refractivity contribution in [1.82, 2.24) is 9.44 Å². The maximum atomic E-state index is 12.5.